The van der Waals surface area contributed by atoms with Crippen LogP contribution in [-0.2, 0) is 15.9 Å². The number of carboxylic acids is 1. The lowest BCUT2D eigenvalue weighted by Gasteiger charge is -2.25. The SMILES string of the molecule is CCCOC(=O)N/N=C/C1C2CCC(O2)C1CCc1ccc(C(=O)O)cc1. The number of aromatic carboxylic acids is 1. The Morgan fingerprint density at radius 3 is 2.74 bits per heavy atom. The van der Waals surface area contributed by atoms with Crippen LogP contribution in [0.5, 0.6) is 0 Å². The number of benzene rings is 1. The molecule has 0 radical (unpaired) electrons. The lowest BCUT2D eigenvalue weighted by atomic mass is 9.77. The number of fused-ring (bicyclic) bond motifs is 2. The molecular weight excluding hydrogens is 348 g/mol. The molecule has 2 fully saturated rings. The minimum absolute atomic E-state index is 0.159. The third-order valence-corrected chi connectivity index (χ3v) is 5.29. The first-order valence-electron chi connectivity index (χ1n) is 9.52. The topological polar surface area (TPSA) is 97.2 Å². The molecule has 0 aliphatic carbocycles. The van der Waals surface area contributed by atoms with Gasteiger partial charge in [0.25, 0.3) is 0 Å². The number of carbonyl (C=O) groups is 2. The van der Waals surface area contributed by atoms with Crippen LogP contribution in [0.25, 0.3) is 0 Å². The first-order chi connectivity index (χ1) is 13.1. The van der Waals surface area contributed by atoms with Gasteiger partial charge in [0.05, 0.1) is 24.4 Å². The fourth-order valence-corrected chi connectivity index (χ4v) is 3.95. The van der Waals surface area contributed by atoms with E-state index in [1.165, 1.54) is 0 Å². The average Bonchev–Trinajstić information content (AvgIpc) is 3.27. The zero-order valence-electron chi connectivity index (χ0n) is 15.5. The van der Waals surface area contributed by atoms with Crippen LogP contribution < -0.4 is 5.43 Å². The summed E-state index contributed by atoms with van der Waals surface area (Å²) >= 11 is 0. The molecule has 7 nitrogen and oxygen atoms in total. The Balaban J connectivity index is 1.55. The second kappa shape index (κ2) is 8.99. The van der Waals surface area contributed by atoms with E-state index in [0.29, 0.717) is 18.1 Å². The Bertz CT molecular complexity index is 688. The van der Waals surface area contributed by atoms with Gasteiger partial charge in [-0.3, -0.25) is 0 Å². The molecule has 0 saturated carbocycles. The molecule has 2 aliphatic heterocycles. The molecule has 7 heteroatoms. The number of carboxylic acid groups (broad SMARTS) is 1. The number of ether oxygens (including phenoxy) is 2. The van der Waals surface area contributed by atoms with E-state index in [9.17, 15) is 9.59 Å². The van der Waals surface area contributed by atoms with Crippen molar-refractivity contribution >= 4 is 18.3 Å². The Hall–Kier alpha value is -2.41. The quantitative estimate of drug-likeness (QED) is 0.538. The van der Waals surface area contributed by atoms with Crippen LogP contribution in [0.15, 0.2) is 29.4 Å². The van der Waals surface area contributed by atoms with E-state index < -0.39 is 12.1 Å². The van der Waals surface area contributed by atoms with Gasteiger partial charge < -0.3 is 14.6 Å². The zero-order chi connectivity index (χ0) is 19.2. The molecule has 2 N–H and O–H groups in total. The van der Waals surface area contributed by atoms with Crippen molar-refractivity contribution in [2.45, 2.75) is 51.2 Å². The number of nitrogens with zero attached hydrogens (tertiary/aromatic N) is 1. The highest BCUT2D eigenvalue weighted by molar-refractivity contribution is 5.87. The highest BCUT2D eigenvalue weighted by Gasteiger charge is 2.47. The van der Waals surface area contributed by atoms with Crippen molar-refractivity contribution in [1.29, 1.82) is 0 Å². The van der Waals surface area contributed by atoms with Gasteiger partial charge in [-0.25, -0.2) is 15.0 Å². The summed E-state index contributed by atoms with van der Waals surface area (Å²) in [7, 11) is 0. The Morgan fingerprint density at radius 1 is 1.30 bits per heavy atom. The molecule has 4 unspecified atom stereocenters. The highest BCUT2D eigenvalue weighted by atomic mass is 16.6. The number of amides is 1. The largest absolute Gasteiger partial charge is 0.478 e. The molecule has 0 aromatic heterocycles. The van der Waals surface area contributed by atoms with Crippen molar-refractivity contribution in [2.75, 3.05) is 6.61 Å². The summed E-state index contributed by atoms with van der Waals surface area (Å²) in [5.41, 5.74) is 3.82. The Labute approximate surface area is 158 Å². The summed E-state index contributed by atoms with van der Waals surface area (Å²) in [5.74, 6) is -0.391. The maximum Gasteiger partial charge on any atom is 0.427 e. The molecule has 2 bridgehead atoms. The first kappa shape index (κ1) is 19.4. The number of rotatable bonds is 8. The van der Waals surface area contributed by atoms with Crippen molar-refractivity contribution in [3.8, 4) is 0 Å². The monoisotopic (exact) mass is 374 g/mol. The molecule has 1 aromatic rings. The molecule has 4 atom stereocenters. The van der Waals surface area contributed by atoms with E-state index in [0.717, 1.165) is 37.7 Å². The van der Waals surface area contributed by atoms with Crippen molar-refractivity contribution in [2.24, 2.45) is 16.9 Å². The molecule has 2 aliphatic rings. The standard InChI is InChI=1S/C20H26N2O5/c1-2-11-26-20(25)22-21-12-16-15(17-9-10-18(16)27-17)8-5-13-3-6-14(7-4-13)19(23)24/h3-4,6-7,12,15-18H,2,5,8-11H2,1H3,(H,22,25)(H,23,24)/b21-12+. The number of hydrogen-bond acceptors (Lipinski definition) is 5. The summed E-state index contributed by atoms with van der Waals surface area (Å²) in [5, 5.41) is 13.1. The number of hydrogen-bond donors (Lipinski definition) is 2. The second-order valence-corrected chi connectivity index (χ2v) is 7.10. The molecule has 3 rings (SSSR count). The lowest BCUT2D eigenvalue weighted by Crippen LogP contribution is -2.30. The third kappa shape index (κ3) is 4.86. The van der Waals surface area contributed by atoms with E-state index in [1.54, 1.807) is 18.3 Å². The van der Waals surface area contributed by atoms with Gasteiger partial charge in [0, 0.05) is 12.1 Å². The number of carbonyl (C=O) groups excluding carboxylic acids is 1. The highest BCUT2D eigenvalue weighted by Crippen LogP contribution is 2.44. The number of aryl methyl sites for hydroxylation is 1. The summed E-state index contributed by atoms with van der Waals surface area (Å²) in [4.78, 5) is 22.4. The maximum absolute atomic E-state index is 11.5. The minimum Gasteiger partial charge on any atom is -0.478 e. The average molecular weight is 374 g/mol. The predicted octanol–water partition coefficient (Wildman–Crippen LogP) is 3.23. The van der Waals surface area contributed by atoms with Crippen LogP contribution in [0, 0.1) is 11.8 Å². The summed E-state index contributed by atoms with van der Waals surface area (Å²) in [6.45, 7) is 2.31. The van der Waals surface area contributed by atoms with Crippen molar-refractivity contribution < 1.29 is 24.2 Å². The number of nitrogens with one attached hydrogen (secondary N) is 1. The lowest BCUT2D eigenvalue weighted by molar-refractivity contribution is 0.0696. The normalized spacial score (nSPS) is 26.4. The Morgan fingerprint density at radius 2 is 2.04 bits per heavy atom. The van der Waals surface area contributed by atoms with Crippen LogP contribution in [0.2, 0.25) is 0 Å². The van der Waals surface area contributed by atoms with Gasteiger partial charge in [0.2, 0.25) is 0 Å². The van der Waals surface area contributed by atoms with Gasteiger partial charge in [0.1, 0.15) is 0 Å². The second-order valence-electron chi connectivity index (χ2n) is 7.10. The number of hydrazone groups is 1. The van der Waals surface area contributed by atoms with Gasteiger partial charge in [-0.2, -0.15) is 5.10 Å². The van der Waals surface area contributed by atoms with Crippen LogP contribution >= 0.6 is 0 Å². The van der Waals surface area contributed by atoms with Crippen LogP contribution in [0.3, 0.4) is 0 Å². The molecule has 146 valence electrons. The van der Waals surface area contributed by atoms with E-state index in [2.05, 4.69) is 10.5 Å². The molecule has 2 heterocycles. The maximum atomic E-state index is 11.5. The molecule has 1 aromatic carbocycles. The molecule has 27 heavy (non-hydrogen) atoms. The molecule has 0 spiro atoms. The summed E-state index contributed by atoms with van der Waals surface area (Å²) in [6.07, 6.45) is 6.28. The minimum atomic E-state index is -0.913. The van der Waals surface area contributed by atoms with Crippen molar-refractivity contribution in [3.05, 3.63) is 35.4 Å². The predicted molar refractivity (Wildman–Crippen MR) is 99.9 cm³/mol. The molecule has 2 saturated heterocycles. The molecule has 1 amide bonds. The first-order valence-corrected chi connectivity index (χ1v) is 9.52. The fourth-order valence-electron chi connectivity index (χ4n) is 3.95. The van der Waals surface area contributed by atoms with E-state index in [-0.39, 0.29) is 18.1 Å². The molecular formula is C20H26N2O5. The van der Waals surface area contributed by atoms with Gasteiger partial charge in [-0.05, 0) is 55.7 Å². The van der Waals surface area contributed by atoms with Gasteiger partial charge in [-0.1, -0.05) is 19.1 Å². The van der Waals surface area contributed by atoms with Gasteiger partial charge in [-0.15, -0.1) is 0 Å². The Kier molecular flexibility index (Phi) is 6.45. The van der Waals surface area contributed by atoms with E-state index >= 15 is 0 Å². The third-order valence-electron chi connectivity index (χ3n) is 5.29. The zero-order valence-corrected chi connectivity index (χ0v) is 15.5. The summed E-state index contributed by atoms with van der Waals surface area (Å²) in [6, 6.07) is 7.01. The van der Waals surface area contributed by atoms with Crippen LogP contribution in [0.4, 0.5) is 4.79 Å². The summed E-state index contributed by atoms with van der Waals surface area (Å²) < 4.78 is 11.0. The van der Waals surface area contributed by atoms with E-state index in [1.807, 2.05) is 19.1 Å². The van der Waals surface area contributed by atoms with Crippen LogP contribution in [0.1, 0.15) is 48.5 Å². The van der Waals surface area contributed by atoms with Gasteiger partial charge in [0.15, 0.2) is 0 Å². The van der Waals surface area contributed by atoms with E-state index in [4.69, 9.17) is 14.6 Å². The van der Waals surface area contributed by atoms with Crippen molar-refractivity contribution in [1.82, 2.24) is 5.43 Å². The fraction of sp³-hybridized carbons (Fsp3) is 0.550. The van der Waals surface area contributed by atoms with Gasteiger partial charge >= 0.3 is 12.1 Å². The van der Waals surface area contributed by atoms with Crippen LogP contribution in [-0.4, -0.2) is 42.2 Å². The van der Waals surface area contributed by atoms with Crippen molar-refractivity contribution in [3.63, 3.8) is 0 Å². The smallest absolute Gasteiger partial charge is 0.427 e.